The Morgan fingerprint density at radius 1 is 0.933 bits per heavy atom. The summed E-state index contributed by atoms with van der Waals surface area (Å²) in [7, 11) is 0. The van der Waals surface area contributed by atoms with Gasteiger partial charge < -0.3 is 14.8 Å². The highest BCUT2D eigenvalue weighted by molar-refractivity contribution is 9.10. The van der Waals surface area contributed by atoms with Crippen molar-refractivity contribution >= 4 is 39.1 Å². The maximum atomic E-state index is 6.11. The Morgan fingerprint density at radius 2 is 1.63 bits per heavy atom. The molecule has 0 atom stereocenters. The van der Waals surface area contributed by atoms with Gasteiger partial charge in [-0.25, -0.2) is 0 Å². The zero-order chi connectivity index (χ0) is 22.5. The Balaban J connectivity index is 2.15. The second-order valence-electron chi connectivity index (χ2n) is 9.35. The third-order valence-electron chi connectivity index (χ3n) is 4.48. The maximum Gasteiger partial charge on any atom is 0.175 e. The second kappa shape index (κ2) is 10.6. The van der Waals surface area contributed by atoms with Crippen molar-refractivity contribution in [2.24, 2.45) is 5.41 Å². The molecule has 0 heterocycles. The topological polar surface area (TPSA) is 30.5 Å². The summed E-state index contributed by atoms with van der Waals surface area (Å²) >= 11 is 15.8. The fourth-order valence-corrected chi connectivity index (χ4v) is 4.57. The lowest BCUT2D eigenvalue weighted by atomic mass is 9.82. The average Bonchev–Trinajstić information content (AvgIpc) is 2.60. The molecule has 6 heteroatoms. The number of hydrogen-bond donors (Lipinski definition) is 1. The van der Waals surface area contributed by atoms with E-state index in [0.717, 1.165) is 34.3 Å². The first-order chi connectivity index (χ1) is 13.9. The smallest absolute Gasteiger partial charge is 0.175 e. The average molecular weight is 517 g/mol. The summed E-state index contributed by atoms with van der Waals surface area (Å²) in [5.74, 6) is 1.40. The van der Waals surface area contributed by atoms with Crippen molar-refractivity contribution in [2.75, 3.05) is 6.61 Å². The molecule has 0 saturated heterocycles. The minimum absolute atomic E-state index is 0.0273. The Bertz CT molecular complexity index is 863. The van der Waals surface area contributed by atoms with Gasteiger partial charge in [0.15, 0.2) is 11.5 Å². The summed E-state index contributed by atoms with van der Waals surface area (Å²) in [4.78, 5) is 0. The van der Waals surface area contributed by atoms with Gasteiger partial charge in [0, 0.05) is 12.1 Å². The quantitative estimate of drug-likeness (QED) is 0.365. The SMILES string of the molecule is CCOc1cc(CNC(C)(C)CC(C)(C)C)cc(Br)c1OCc1ccc(Cl)c(Cl)c1. The molecular weight excluding hydrogens is 485 g/mol. The zero-order valence-electron chi connectivity index (χ0n) is 18.7. The summed E-state index contributed by atoms with van der Waals surface area (Å²) in [6.07, 6.45) is 1.07. The largest absolute Gasteiger partial charge is 0.490 e. The minimum atomic E-state index is 0.0273. The molecule has 0 spiro atoms. The molecule has 1 N–H and O–H groups in total. The van der Waals surface area contributed by atoms with Gasteiger partial charge in [0.05, 0.1) is 21.1 Å². The van der Waals surface area contributed by atoms with Gasteiger partial charge >= 0.3 is 0 Å². The van der Waals surface area contributed by atoms with E-state index in [-0.39, 0.29) is 11.0 Å². The Labute approximate surface area is 199 Å². The molecule has 0 saturated carbocycles. The van der Waals surface area contributed by atoms with Crippen LogP contribution in [0.15, 0.2) is 34.8 Å². The molecule has 0 aliphatic rings. The summed E-state index contributed by atoms with van der Waals surface area (Å²) in [6.45, 7) is 14.9. The fraction of sp³-hybridized carbons (Fsp3) is 0.500. The predicted molar refractivity (Wildman–Crippen MR) is 131 cm³/mol. The molecule has 30 heavy (non-hydrogen) atoms. The van der Waals surface area contributed by atoms with E-state index in [9.17, 15) is 0 Å². The van der Waals surface area contributed by atoms with E-state index >= 15 is 0 Å². The van der Waals surface area contributed by atoms with Gasteiger partial charge in [0.1, 0.15) is 6.61 Å². The molecule has 2 aromatic carbocycles. The lowest BCUT2D eigenvalue weighted by Gasteiger charge is -2.33. The number of halogens is 3. The molecule has 0 aliphatic carbocycles. The highest BCUT2D eigenvalue weighted by Crippen LogP contribution is 2.38. The molecule has 0 radical (unpaired) electrons. The molecular formula is C24H32BrCl2NO2. The van der Waals surface area contributed by atoms with Gasteiger partial charge in [0.2, 0.25) is 0 Å². The summed E-state index contributed by atoms with van der Waals surface area (Å²) < 4.78 is 12.8. The molecule has 0 amide bonds. The maximum absolute atomic E-state index is 6.11. The number of ether oxygens (including phenoxy) is 2. The van der Waals surface area contributed by atoms with Crippen LogP contribution in [0.2, 0.25) is 10.0 Å². The van der Waals surface area contributed by atoms with Gasteiger partial charge in [-0.2, -0.15) is 0 Å². The van der Waals surface area contributed by atoms with E-state index in [4.69, 9.17) is 32.7 Å². The van der Waals surface area contributed by atoms with Crippen molar-refractivity contribution in [1.82, 2.24) is 5.32 Å². The van der Waals surface area contributed by atoms with E-state index < -0.39 is 0 Å². The summed E-state index contributed by atoms with van der Waals surface area (Å²) in [5.41, 5.74) is 2.36. The van der Waals surface area contributed by atoms with Gasteiger partial charge in [-0.1, -0.05) is 50.0 Å². The lowest BCUT2D eigenvalue weighted by Crippen LogP contribution is -2.41. The van der Waals surface area contributed by atoms with Crippen molar-refractivity contribution in [1.29, 1.82) is 0 Å². The molecule has 0 fully saturated rings. The number of rotatable bonds is 9. The van der Waals surface area contributed by atoms with Crippen molar-refractivity contribution in [3.63, 3.8) is 0 Å². The normalized spacial score (nSPS) is 12.2. The van der Waals surface area contributed by atoms with Crippen LogP contribution in [0.25, 0.3) is 0 Å². The van der Waals surface area contributed by atoms with Crippen LogP contribution in [0.4, 0.5) is 0 Å². The third kappa shape index (κ3) is 7.96. The van der Waals surface area contributed by atoms with Crippen molar-refractivity contribution in [3.8, 4) is 11.5 Å². The molecule has 0 aliphatic heterocycles. The monoisotopic (exact) mass is 515 g/mol. The van der Waals surface area contributed by atoms with Crippen LogP contribution in [0.5, 0.6) is 11.5 Å². The number of benzene rings is 2. The number of hydrogen-bond acceptors (Lipinski definition) is 3. The Hall–Kier alpha value is -0.940. The van der Waals surface area contributed by atoms with Crippen LogP contribution in [0.3, 0.4) is 0 Å². The van der Waals surface area contributed by atoms with Crippen LogP contribution in [0.1, 0.15) is 59.1 Å². The molecule has 2 rings (SSSR count). The molecule has 0 aromatic heterocycles. The standard InChI is InChI=1S/C24H32BrCl2NO2/c1-7-29-21-12-17(13-28-24(5,6)15-23(2,3)4)10-18(25)22(21)30-14-16-8-9-19(26)20(27)11-16/h8-12,28H,7,13-15H2,1-6H3. The van der Waals surface area contributed by atoms with Gasteiger partial charge in [-0.3, -0.25) is 0 Å². The van der Waals surface area contributed by atoms with E-state index in [1.165, 1.54) is 0 Å². The molecule has 0 bridgehead atoms. The molecule has 0 unspecified atom stereocenters. The van der Waals surface area contributed by atoms with E-state index in [1.807, 2.05) is 25.1 Å². The Kier molecular flexibility index (Phi) is 8.93. The first-order valence-corrected chi connectivity index (χ1v) is 11.7. The van der Waals surface area contributed by atoms with Crippen LogP contribution in [-0.4, -0.2) is 12.1 Å². The lowest BCUT2D eigenvalue weighted by molar-refractivity contribution is 0.240. The summed E-state index contributed by atoms with van der Waals surface area (Å²) in [6, 6.07) is 9.60. The van der Waals surface area contributed by atoms with E-state index in [2.05, 4.69) is 61.9 Å². The number of nitrogens with one attached hydrogen (secondary N) is 1. The summed E-state index contributed by atoms with van der Waals surface area (Å²) in [5, 5.41) is 4.72. The Morgan fingerprint density at radius 3 is 2.23 bits per heavy atom. The van der Waals surface area contributed by atoms with Gasteiger partial charge in [0.25, 0.3) is 0 Å². The second-order valence-corrected chi connectivity index (χ2v) is 11.0. The van der Waals surface area contributed by atoms with Crippen LogP contribution in [-0.2, 0) is 13.2 Å². The van der Waals surface area contributed by atoms with Gasteiger partial charge in [-0.15, -0.1) is 0 Å². The third-order valence-corrected chi connectivity index (χ3v) is 5.81. The minimum Gasteiger partial charge on any atom is -0.490 e. The van der Waals surface area contributed by atoms with Crippen molar-refractivity contribution in [3.05, 3.63) is 56.0 Å². The predicted octanol–water partition coefficient (Wildman–Crippen LogP) is 8.04. The zero-order valence-corrected chi connectivity index (χ0v) is 21.8. The highest BCUT2D eigenvalue weighted by Gasteiger charge is 2.25. The van der Waals surface area contributed by atoms with E-state index in [0.29, 0.717) is 29.0 Å². The molecule has 2 aromatic rings. The fourth-order valence-electron chi connectivity index (χ4n) is 3.64. The molecule has 166 valence electrons. The first-order valence-electron chi connectivity index (χ1n) is 10.2. The van der Waals surface area contributed by atoms with Crippen LogP contribution < -0.4 is 14.8 Å². The van der Waals surface area contributed by atoms with Crippen LogP contribution >= 0.6 is 39.1 Å². The highest BCUT2D eigenvalue weighted by atomic mass is 79.9. The molecule has 3 nitrogen and oxygen atoms in total. The van der Waals surface area contributed by atoms with Crippen molar-refractivity contribution < 1.29 is 9.47 Å². The van der Waals surface area contributed by atoms with Crippen LogP contribution in [0, 0.1) is 5.41 Å². The van der Waals surface area contributed by atoms with E-state index in [1.54, 1.807) is 6.07 Å². The van der Waals surface area contributed by atoms with Gasteiger partial charge in [-0.05, 0) is 83.9 Å². The first kappa shape index (κ1) is 25.3. The van der Waals surface area contributed by atoms with Crippen molar-refractivity contribution in [2.45, 2.75) is 66.7 Å².